The summed E-state index contributed by atoms with van der Waals surface area (Å²) in [4.78, 5) is 44.4. The van der Waals surface area contributed by atoms with Gasteiger partial charge in [0.15, 0.2) is 16.3 Å². The minimum Gasteiger partial charge on any atom is -0.493 e. The summed E-state index contributed by atoms with van der Waals surface area (Å²) in [6, 6.07) is 28.2. The van der Waals surface area contributed by atoms with Crippen LogP contribution in [0.4, 0.5) is 5.69 Å². The molecule has 1 aliphatic heterocycles. The fourth-order valence-electron chi connectivity index (χ4n) is 5.40. The van der Waals surface area contributed by atoms with Gasteiger partial charge in [-0.1, -0.05) is 77.6 Å². The molecule has 0 aliphatic carbocycles. The monoisotopic (exact) mass is 645 g/mol. The number of hydrogen-bond donors (Lipinski definition) is 2. The highest BCUT2D eigenvalue weighted by atomic mass is 32.1. The smallest absolute Gasteiger partial charge is 0.335 e. The summed E-state index contributed by atoms with van der Waals surface area (Å²) in [5.41, 5.74) is 4.76. The Labute approximate surface area is 274 Å². The largest absolute Gasteiger partial charge is 0.493 e. The molecule has 6 rings (SSSR count). The fourth-order valence-corrected chi connectivity index (χ4v) is 6.44. The Balaban J connectivity index is 1.35. The number of aromatic carboxylic acids is 1. The molecule has 2 N–H and O–H groups in total. The van der Waals surface area contributed by atoms with Crippen molar-refractivity contribution in [2.75, 3.05) is 12.4 Å². The van der Waals surface area contributed by atoms with Gasteiger partial charge in [-0.25, -0.2) is 9.79 Å². The van der Waals surface area contributed by atoms with Gasteiger partial charge in [0.2, 0.25) is 0 Å². The number of para-hydroxylation sites is 1. The maximum atomic E-state index is 14.1. The number of rotatable bonds is 9. The van der Waals surface area contributed by atoms with E-state index in [1.54, 1.807) is 47.9 Å². The Bertz CT molecular complexity index is 2200. The summed E-state index contributed by atoms with van der Waals surface area (Å²) in [6.45, 7) is 3.93. The second kappa shape index (κ2) is 13.3. The topological polar surface area (TPSA) is 119 Å². The van der Waals surface area contributed by atoms with Crippen molar-refractivity contribution in [2.45, 2.75) is 26.5 Å². The Morgan fingerprint density at radius 1 is 0.957 bits per heavy atom. The van der Waals surface area contributed by atoms with Crippen LogP contribution >= 0.6 is 11.3 Å². The molecule has 0 unspecified atom stereocenters. The normalized spacial score (nSPS) is 14.3. The van der Waals surface area contributed by atoms with Crippen LogP contribution in [0.5, 0.6) is 11.5 Å². The number of carboxylic acids is 1. The summed E-state index contributed by atoms with van der Waals surface area (Å²) >= 11 is 1.25. The van der Waals surface area contributed by atoms with E-state index in [9.17, 15) is 19.5 Å². The molecule has 2 heterocycles. The molecule has 1 atom stereocenters. The highest BCUT2D eigenvalue weighted by Crippen LogP contribution is 2.32. The molecule has 0 spiro atoms. The van der Waals surface area contributed by atoms with E-state index in [1.807, 2.05) is 67.6 Å². The maximum absolute atomic E-state index is 14.1. The Morgan fingerprint density at radius 2 is 1.72 bits per heavy atom. The summed E-state index contributed by atoms with van der Waals surface area (Å²) in [5, 5.41) is 12.2. The molecule has 1 aliphatic rings. The van der Waals surface area contributed by atoms with Crippen molar-refractivity contribution in [3.05, 3.63) is 156 Å². The highest BCUT2D eigenvalue weighted by molar-refractivity contribution is 7.07. The molecule has 47 heavy (non-hydrogen) atoms. The number of fused-ring (bicyclic) bond motifs is 1. The van der Waals surface area contributed by atoms with Crippen LogP contribution in [0.2, 0.25) is 0 Å². The average molecular weight is 646 g/mol. The molecular formula is C37H31N3O6S. The lowest BCUT2D eigenvalue weighted by atomic mass is 9.94. The van der Waals surface area contributed by atoms with Crippen LogP contribution in [0.1, 0.15) is 45.6 Å². The van der Waals surface area contributed by atoms with Crippen LogP contribution < -0.4 is 29.7 Å². The first-order valence-electron chi connectivity index (χ1n) is 14.8. The van der Waals surface area contributed by atoms with E-state index in [2.05, 4.69) is 5.32 Å². The second-order valence-corrected chi connectivity index (χ2v) is 12.0. The number of ether oxygens (including phenoxy) is 2. The minimum absolute atomic E-state index is 0.147. The number of benzene rings is 4. The second-order valence-electron chi connectivity index (χ2n) is 11.0. The number of hydrogen-bond acceptors (Lipinski definition) is 7. The van der Waals surface area contributed by atoms with E-state index in [0.29, 0.717) is 48.9 Å². The zero-order valence-corrected chi connectivity index (χ0v) is 26.7. The number of allylic oxidation sites excluding steroid dienone is 1. The lowest BCUT2D eigenvalue weighted by Gasteiger charge is -2.25. The van der Waals surface area contributed by atoms with Crippen molar-refractivity contribution in [2.24, 2.45) is 4.99 Å². The van der Waals surface area contributed by atoms with Crippen molar-refractivity contribution in [3.8, 4) is 11.5 Å². The van der Waals surface area contributed by atoms with E-state index in [1.165, 1.54) is 24.5 Å². The summed E-state index contributed by atoms with van der Waals surface area (Å²) in [5.74, 6) is -0.413. The van der Waals surface area contributed by atoms with Gasteiger partial charge < -0.3 is 19.9 Å². The van der Waals surface area contributed by atoms with Crippen LogP contribution in [0, 0.1) is 6.92 Å². The third-order valence-electron chi connectivity index (χ3n) is 7.74. The number of carbonyl (C=O) groups excluding carboxylic acids is 1. The quantitative estimate of drug-likeness (QED) is 0.220. The molecule has 5 aromatic rings. The number of anilines is 1. The van der Waals surface area contributed by atoms with Crippen LogP contribution in [-0.4, -0.2) is 28.7 Å². The van der Waals surface area contributed by atoms with E-state index in [0.717, 1.165) is 11.1 Å². The Kier molecular flexibility index (Phi) is 8.86. The Hall–Kier alpha value is -5.74. The number of aromatic nitrogens is 1. The number of carboxylic acid groups (broad SMARTS) is 1. The number of methoxy groups -OCH3 is 1. The van der Waals surface area contributed by atoms with Gasteiger partial charge in [-0.2, -0.15) is 0 Å². The summed E-state index contributed by atoms with van der Waals surface area (Å²) in [7, 11) is 1.53. The van der Waals surface area contributed by atoms with Gasteiger partial charge >= 0.3 is 5.97 Å². The highest BCUT2D eigenvalue weighted by Gasteiger charge is 2.32. The number of nitrogens with one attached hydrogen (secondary N) is 1. The molecule has 0 fully saturated rings. The summed E-state index contributed by atoms with van der Waals surface area (Å²) in [6.07, 6.45) is 1.77. The van der Waals surface area contributed by atoms with E-state index < -0.39 is 12.0 Å². The van der Waals surface area contributed by atoms with Crippen molar-refractivity contribution in [1.29, 1.82) is 0 Å². The molecule has 0 radical (unpaired) electrons. The molecule has 9 nitrogen and oxygen atoms in total. The van der Waals surface area contributed by atoms with Gasteiger partial charge in [0.1, 0.15) is 6.61 Å². The number of amides is 1. The number of aryl methyl sites for hydroxylation is 1. The molecule has 10 heteroatoms. The zero-order valence-electron chi connectivity index (χ0n) is 25.9. The van der Waals surface area contributed by atoms with Gasteiger partial charge in [-0.05, 0) is 73.0 Å². The van der Waals surface area contributed by atoms with Crippen LogP contribution in [0.15, 0.2) is 118 Å². The van der Waals surface area contributed by atoms with Gasteiger partial charge in [0.25, 0.3) is 11.5 Å². The third-order valence-corrected chi connectivity index (χ3v) is 8.73. The molecule has 0 saturated carbocycles. The average Bonchev–Trinajstić information content (AvgIpc) is 3.37. The van der Waals surface area contributed by atoms with Crippen molar-refractivity contribution in [3.63, 3.8) is 0 Å². The standard InChI is InChI=1S/C37H31N3O6S/c1-22-12-15-26(16-13-22)33-32(34(41)39-28-10-5-4-6-11-28)23(2)38-37-40(33)35(42)31(47-37)20-24-14-17-29(30(19-24)45-3)46-21-25-8-7-9-27(18-25)36(43)44/h4-20,33H,21H2,1-3H3,(H,39,41)(H,43,44)/b31-20-/t33-/m0/s1. The molecule has 0 saturated heterocycles. The zero-order chi connectivity index (χ0) is 33.1. The summed E-state index contributed by atoms with van der Waals surface area (Å²) < 4.78 is 13.6. The first-order valence-corrected chi connectivity index (χ1v) is 15.6. The predicted molar refractivity (Wildman–Crippen MR) is 181 cm³/mol. The van der Waals surface area contributed by atoms with Crippen molar-refractivity contribution in [1.82, 2.24) is 4.57 Å². The molecule has 0 bridgehead atoms. The minimum atomic E-state index is -1.01. The third kappa shape index (κ3) is 6.63. The van der Waals surface area contributed by atoms with Gasteiger partial charge in [-0.15, -0.1) is 0 Å². The van der Waals surface area contributed by atoms with Crippen LogP contribution in [0.25, 0.3) is 6.08 Å². The molecule has 1 amide bonds. The Morgan fingerprint density at radius 3 is 2.45 bits per heavy atom. The molecule has 4 aromatic carbocycles. The first-order chi connectivity index (χ1) is 22.7. The SMILES string of the molecule is COc1cc(/C=c2\sc3n(c2=O)[C@@H](c2ccc(C)cc2)C(C(=O)Nc2ccccc2)=C(C)N=3)ccc1OCc1cccc(C(=O)O)c1. The van der Waals surface area contributed by atoms with Crippen molar-refractivity contribution < 1.29 is 24.2 Å². The molecule has 1 aromatic heterocycles. The van der Waals surface area contributed by atoms with Gasteiger partial charge in [0.05, 0.1) is 34.5 Å². The van der Waals surface area contributed by atoms with E-state index in [-0.39, 0.29) is 23.6 Å². The molecule has 236 valence electrons. The van der Waals surface area contributed by atoms with Gasteiger partial charge in [-0.3, -0.25) is 14.2 Å². The lowest BCUT2D eigenvalue weighted by molar-refractivity contribution is -0.113. The van der Waals surface area contributed by atoms with E-state index in [4.69, 9.17) is 14.5 Å². The van der Waals surface area contributed by atoms with Crippen LogP contribution in [-0.2, 0) is 11.4 Å². The van der Waals surface area contributed by atoms with E-state index >= 15 is 0 Å². The maximum Gasteiger partial charge on any atom is 0.335 e. The fraction of sp³-hybridized carbons (Fsp3) is 0.135. The lowest BCUT2D eigenvalue weighted by Crippen LogP contribution is -2.40. The number of thiazole rings is 1. The predicted octanol–water partition coefficient (Wildman–Crippen LogP) is 5.47. The van der Waals surface area contributed by atoms with Gasteiger partial charge in [0, 0.05) is 5.69 Å². The van der Waals surface area contributed by atoms with Crippen molar-refractivity contribution >= 4 is 35.0 Å². The number of carbonyl (C=O) groups is 2. The number of nitrogens with zero attached hydrogens (tertiary/aromatic N) is 2. The van der Waals surface area contributed by atoms with Crippen LogP contribution in [0.3, 0.4) is 0 Å². The first kappa shape index (κ1) is 31.3. The molecular weight excluding hydrogens is 614 g/mol.